The number of alkyl halides is 1. The molecule has 1 atom stereocenters. The molecular weight excluding hydrogens is 433 g/mol. The smallest absolute Gasteiger partial charge is 0.201 e. The third kappa shape index (κ3) is 5.48. The highest BCUT2D eigenvalue weighted by Gasteiger charge is 2.27. The van der Waals surface area contributed by atoms with Crippen LogP contribution in [0.1, 0.15) is 57.9 Å². The molecule has 34 heavy (non-hydrogen) atoms. The normalized spacial score (nSPS) is 23.0. The van der Waals surface area contributed by atoms with Crippen LogP contribution in [0.4, 0.5) is 13.2 Å². The summed E-state index contributed by atoms with van der Waals surface area (Å²) in [6, 6.07) is 9.98. The summed E-state index contributed by atoms with van der Waals surface area (Å²) in [5, 5.41) is 0. The highest BCUT2D eigenvalue weighted by molar-refractivity contribution is 5.75. The summed E-state index contributed by atoms with van der Waals surface area (Å²) in [5.74, 6) is -0.745. The van der Waals surface area contributed by atoms with Gasteiger partial charge in [-0.3, -0.25) is 0 Å². The van der Waals surface area contributed by atoms with E-state index in [1.54, 1.807) is 24.3 Å². The number of benzene rings is 2. The molecule has 0 amide bonds. The molecule has 1 unspecified atom stereocenters. The van der Waals surface area contributed by atoms with Crippen molar-refractivity contribution in [3.8, 4) is 16.9 Å². The fourth-order valence-corrected chi connectivity index (χ4v) is 5.01. The Morgan fingerprint density at radius 1 is 0.912 bits per heavy atom. The van der Waals surface area contributed by atoms with Gasteiger partial charge in [0.2, 0.25) is 5.82 Å². The monoisotopic (exact) mass is 466 g/mol. The zero-order valence-electron chi connectivity index (χ0n) is 20.0. The van der Waals surface area contributed by atoms with Gasteiger partial charge in [0.15, 0.2) is 11.6 Å². The van der Waals surface area contributed by atoms with Crippen molar-refractivity contribution in [3.63, 3.8) is 0 Å². The van der Waals surface area contributed by atoms with Gasteiger partial charge in [-0.15, -0.1) is 0 Å². The zero-order valence-corrected chi connectivity index (χ0v) is 20.0. The average Bonchev–Trinajstić information content (AvgIpc) is 2.85. The number of rotatable bonds is 7. The minimum absolute atomic E-state index is 0.0926. The first-order chi connectivity index (χ1) is 16.5. The standard InChI is InChI=1S/C30H33F3O/c1-3-4-5-18-34-28-17-16-26(29(32)30(28)33)23-12-10-22(11-13-23)25-15-14-24(19-27(25)31)21-8-6-20(2)7-9-21/h3-4,10-17,20-21,27H,5-9,18-19H2,1-2H3/b4-3-. The Bertz CT molecular complexity index is 1070. The van der Waals surface area contributed by atoms with Gasteiger partial charge >= 0.3 is 0 Å². The molecule has 1 nitrogen and oxygen atoms in total. The van der Waals surface area contributed by atoms with Gasteiger partial charge in [-0.25, -0.2) is 8.78 Å². The van der Waals surface area contributed by atoms with Crippen LogP contribution in [-0.4, -0.2) is 12.8 Å². The van der Waals surface area contributed by atoms with Crippen LogP contribution in [-0.2, 0) is 0 Å². The van der Waals surface area contributed by atoms with Crippen molar-refractivity contribution in [2.45, 2.75) is 58.5 Å². The number of allylic oxidation sites excluding steroid dienone is 5. The van der Waals surface area contributed by atoms with E-state index in [4.69, 9.17) is 4.74 Å². The van der Waals surface area contributed by atoms with Crippen LogP contribution in [0.25, 0.3) is 16.7 Å². The van der Waals surface area contributed by atoms with E-state index in [1.165, 1.54) is 30.5 Å². The fraction of sp³-hybridized carbons (Fsp3) is 0.400. The van der Waals surface area contributed by atoms with Gasteiger partial charge in [-0.05, 0) is 66.9 Å². The molecular formula is C30H33F3O. The van der Waals surface area contributed by atoms with Crippen LogP contribution >= 0.6 is 0 Å². The first-order valence-corrected chi connectivity index (χ1v) is 12.4. The Labute approximate surface area is 201 Å². The topological polar surface area (TPSA) is 9.23 Å². The lowest BCUT2D eigenvalue weighted by molar-refractivity contribution is 0.301. The lowest BCUT2D eigenvalue weighted by Crippen LogP contribution is -2.19. The minimum atomic E-state index is -1.04. The first kappa shape index (κ1) is 24.4. The summed E-state index contributed by atoms with van der Waals surface area (Å²) >= 11 is 0. The second-order valence-electron chi connectivity index (χ2n) is 9.51. The number of hydrogen-bond acceptors (Lipinski definition) is 1. The Morgan fingerprint density at radius 2 is 1.62 bits per heavy atom. The Morgan fingerprint density at radius 3 is 2.29 bits per heavy atom. The SMILES string of the molecule is C/C=C\CCOc1ccc(-c2ccc(C3=CC=C(C4CCC(C)CC4)CC3F)cc2)c(F)c1F. The van der Waals surface area contributed by atoms with Crippen LogP contribution in [0, 0.1) is 23.5 Å². The molecule has 0 bridgehead atoms. The van der Waals surface area contributed by atoms with Gasteiger partial charge in [-0.1, -0.05) is 73.9 Å². The van der Waals surface area contributed by atoms with Crippen LogP contribution in [0.5, 0.6) is 5.75 Å². The Hall–Kier alpha value is -2.75. The van der Waals surface area contributed by atoms with E-state index in [9.17, 15) is 8.78 Å². The largest absolute Gasteiger partial charge is 0.490 e. The Balaban J connectivity index is 1.48. The number of halogens is 3. The maximum Gasteiger partial charge on any atom is 0.201 e. The molecule has 0 N–H and O–H groups in total. The molecule has 1 fully saturated rings. The lowest BCUT2D eigenvalue weighted by atomic mass is 9.76. The zero-order chi connectivity index (χ0) is 24.1. The van der Waals surface area contributed by atoms with Crippen molar-refractivity contribution in [1.82, 2.24) is 0 Å². The molecule has 0 aromatic heterocycles. The molecule has 0 heterocycles. The molecule has 4 heteroatoms. The number of hydrogen-bond donors (Lipinski definition) is 0. The van der Waals surface area contributed by atoms with Gasteiger partial charge in [-0.2, -0.15) is 4.39 Å². The van der Waals surface area contributed by atoms with Gasteiger partial charge in [0.25, 0.3) is 0 Å². The molecule has 2 aliphatic rings. The molecule has 0 spiro atoms. The van der Waals surface area contributed by atoms with Crippen molar-refractivity contribution < 1.29 is 17.9 Å². The van der Waals surface area contributed by atoms with Crippen LogP contribution in [0.15, 0.2) is 66.3 Å². The maximum absolute atomic E-state index is 15.1. The molecule has 180 valence electrons. The van der Waals surface area contributed by atoms with Crippen molar-refractivity contribution >= 4 is 5.57 Å². The van der Waals surface area contributed by atoms with E-state index in [2.05, 4.69) is 13.0 Å². The van der Waals surface area contributed by atoms with E-state index in [0.29, 0.717) is 29.9 Å². The molecule has 2 aliphatic carbocycles. The summed E-state index contributed by atoms with van der Waals surface area (Å²) in [7, 11) is 0. The molecule has 0 aliphatic heterocycles. The number of ether oxygens (including phenoxy) is 1. The summed E-state index contributed by atoms with van der Waals surface area (Å²) in [6.07, 6.45) is 12.6. The average molecular weight is 467 g/mol. The maximum atomic E-state index is 15.1. The molecule has 2 aromatic rings. The molecule has 4 rings (SSSR count). The quantitative estimate of drug-likeness (QED) is 0.292. The van der Waals surface area contributed by atoms with Gasteiger partial charge in [0, 0.05) is 12.0 Å². The molecule has 2 aromatic carbocycles. The minimum Gasteiger partial charge on any atom is -0.490 e. The van der Waals surface area contributed by atoms with Gasteiger partial charge in [0.1, 0.15) is 6.17 Å². The molecule has 1 saturated carbocycles. The van der Waals surface area contributed by atoms with Gasteiger partial charge in [0.05, 0.1) is 6.61 Å². The van der Waals surface area contributed by atoms with Crippen LogP contribution in [0.3, 0.4) is 0 Å². The van der Waals surface area contributed by atoms with Crippen LogP contribution in [0.2, 0.25) is 0 Å². The predicted octanol–water partition coefficient (Wildman–Crippen LogP) is 8.85. The predicted molar refractivity (Wildman–Crippen MR) is 133 cm³/mol. The van der Waals surface area contributed by atoms with E-state index in [1.807, 2.05) is 25.2 Å². The Kier molecular flexibility index (Phi) is 7.97. The van der Waals surface area contributed by atoms with Crippen molar-refractivity contribution in [2.24, 2.45) is 11.8 Å². The van der Waals surface area contributed by atoms with Crippen molar-refractivity contribution in [3.05, 3.63) is 83.5 Å². The summed E-state index contributed by atoms with van der Waals surface area (Å²) in [6.45, 7) is 4.47. The summed E-state index contributed by atoms with van der Waals surface area (Å²) in [5.41, 5.74) is 3.35. The second-order valence-corrected chi connectivity index (χ2v) is 9.51. The first-order valence-electron chi connectivity index (χ1n) is 12.4. The van der Waals surface area contributed by atoms with E-state index in [-0.39, 0.29) is 17.9 Å². The third-order valence-electron chi connectivity index (χ3n) is 7.12. The lowest BCUT2D eigenvalue weighted by Gasteiger charge is -2.30. The van der Waals surface area contributed by atoms with Crippen molar-refractivity contribution in [1.29, 1.82) is 0 Å². The van der Waals surface area contributed by atoms with E-state index >= 15 is 4.39 Å². The van der Waals surface area contributed by atoms with E-state index in [0.717, 1.165) is 24.3 Å². The highest BCUT2D eigenvalue weighted by Crippen LogP contribution is 2.40. The summed E-state index contributed by atoms with van der Waals surface area (Å²) < 4.78 is 49.7. The highest BCUT2D eigenvalue weighted by atomic mass is 19.2. The third-order valence-corrected chi connectivity index (χ3v) is 7.12. The molecule has 0 radical (unpaired) electrons. The van der Waals surface area contributed by atoms with Crippen molar-refractivity contribution in [2.75, 3.05) is 6.61 Å². The fourth-order valence-electron chi connectivity index (χ4n) is 5.01. The molecule has 0 saturated heterocycles. The van der Waals surface area contributed by atoms with Crippen LogP contribution < -0.4 is 4.74 Å². The summed E-state index contributed by atoms with van der Waals surface area (Å²) in [4.78, 5) is 0. The second kappa shape index (κ2) is 11.1. The van der Waals surface area contributed by atoms with E-state index < -0.39 is 17.8 Å². The van der Waals surface area contributed by atoms with Gasteiger partial charge < -0.3 is 4.74 Å².